The van der Waals surface area contributed by atoms with Crippen LogP contribution < -0.4 is 118 Å². The van der Waals surface area contributed by atoms with Crippen molar-refractivity contribution >= 4 is 12.6 Å². The summed E-state index contributed by atoms with van der Waals surface area (Å²) < 4.78 is 0. The van der Waals surface area contributed by atoms with E-state index >= 15 is 0 Å². The summed E-state index contributed by atoms with van der Waals surface area (Å²) in [5.41, 5.74) is 1.37. The van der Waals surface area contributed by atoms with Gasteiger partial charge < -0.3 is 10.0 Å². The van der Waals surface area contributed by atoms with Crippen molar-refractivity contribution in [3.8, 4) is 0 Å². The van der Waals surface area contributed by atoms with Crippen LogP contribution in [0.4, 0.5) is 0 Å². The van der Waals surface area contributed by atoms with Crippen molar-refractivity contribution in [3.05, 3.63) is 29.8 Å². The standard InChI is InChI=1S/C7H7BO2.2K/c1-6-2-4-7(5-3-6)8(9)10;;/h2-5H,1H3;;/q-2;2*+1. The third-order valence-electron chi connectivity index (χ3n) is 1.35. The van der Waals surface area contributed by atoms with E-state index in [0.29, 0.717) is 5.46 Å². The maximum Gasteiger partial charge on any atom is 1.00 e. The van der Waals surface area contributed by atoms with Crippen molar-refractivity contribution in [2.24, 2.45) is 0 Å². The molecule has 0 aliphatic heterocycles. The number of aryl methyl sites for hydroxylation is 1. The van der Waals surface area contributed by atoms with Crippen LogP contribution >= 0.6 is 0 Å². The van der Waals surface area contributed by atoms with Crippen molar-refractivity contribution in [2.45, 2.75) is 6.92 Å². The van der Waals surface area contributed by atoms with E-state index in [1.807, 2.05) is 6.92 Å². The summed E-state index contributed by atoms with van der Waals surface area (Å²) in [6.07, 6.45) is 0. The van der Waals surface area contributed by atoms with Crippen molar-refractivity contribution in [2.75, 3.05) is 0 Å². The molecule has 0 aromatic heterocycles. The quantitative estimate of drug-likeness (QED) is 0.434. The Balaban J connectivity index is 0. The molecule has 0 aliphatic rings. The normalized spacial score (nSPS) is 7.92. The van der Waals surface area contributed by atoms with Crippen LogP contribution in [0.25, 0.3) is 0 Å². The molecule has 0 atom stereocenters. The molecule has 0 radical (unpaired) electrons. The van der Waals surface area contributed by atoms with Gasteiger partial charge in [0, 0.05) is 0 Å². The van der Waals surface area contributed by atoms with E-state index in [2.05, 4.69) is 0 Å². The van der Waals surface area contributed by atoms with Crippen molar-refractivity contribution < 1.29 is 113 Å². The molecule has 0 saturated heterocycles. The van der Waals surface area contributed by atoms with E-state index in [-0.39, 0.29) is 103 Å². The van der Waals surface area contributed by atoms with E-state index in [9.17, 15) is 10.0 Å². The van der Waals surface area contributed by atoms with Crippen LogP contribution in [-0.2, 0) is 0 Å². The van der Waals surface area contributed by atoms with Crippen LogP contribution in [-0.4, -0.2) is 7.12 Å². The van der Waals surface area contributed by atoms with E-state index in [1.54, 1.807) is 24.3 Å². The van der Waals surface area contributed by atoms with Crippen molar-refractivity contribution in [1.82, 2.24) is 0 Å². The summed E-state index contributed by atoms with van der Waals surface area (Å²) >= 11 is 0. The molecule has 0 saturated carbocycles. The molecule has 0 aliphatic carbocycles. The molecule has 0 amide bonds. The first-order chi connectivity index (χ1) is 4.70. The van der Waals surface area contributed by atoms with Gasteiger partial charge >= 0.3 is 103 Å². The van der Waals surface area contributed by atoms with Crippen LogP contribution in [0.2, 0.25) is 0 Å². The minimum absolute atomic E-state index is 0. The number of benzene rings is 1. The average molecular weight is 212 g/mol. The molecule has 0 N–H and O–H groups in total. The predicted octanol–water partition coefficient (Wildman–Crippen LogP) is -7.58. The Labute approximate surface area is 158 Å². The Morgan fingerprint density at radius 2 is 1.42 bits per heavy atom. The Hall–Kier alpha value is 2.48. The number of rotatable bonds is 1. The number of hydrogen-bond acceptors (Lipinski definition) is 2. The Morgan fingerprint density at radius 3 is 1.75 bits per heavy atom. The Morgan fingerprint density at radius 1 is 1.00 bits per heavy atom. The zero-order valence-electron chi connectivity index (χ0n) is 7.70. The monoisotopic (exact) mass is 212 g/mol. The third kappa shape index (κ3) is 6.05. The molecule has 1 aromatic rings. The maximum atomic E-state index is 10.3. The summed E-state index contributed by atoms with van der Waals surface area (Å²) in [5, 5.41) is 20.6. The van der Waals surface area contributed by atoms with Gasteiger partial charge in [-0.15, -0.1) is 5.46 Å². The van der Waals surface area contributed by atoms with Gasteiger partial charge in [-0.05, 0) is 6.92 Å². The Kier molecular flexibility index (Phi) is 12.3. The fourth-order valence-corrected chi connectivity index (χ4v) is 0.724. The zero-order chi connectivity index (χ0) is 7.56. The maximum absolute atomic E-state index is 10.3. The molecular weight excluding hydrogens is 205 g/mol. The smallest absolute Gasteiger partial charge is 0.889 e. The molecule has 0 heterocycles. The summed E-state index contributed by atoms with van der Waals surface area (Å²) in [5.74, 6) is 0. The molecule has 2 nitrogen and oxygen atoms in total. The molecular formula is C7H7BK2O2. The van der Waals surface area contributed by atoms with Crippen LogP contribution in [0.1, 0.15) is 5.56 Å². The van der Waals surface area contributed by atoms with E-state index in [1.165, 1.54) is 0 Å². The van der Waals surface area contributed by atoms with Gasteiger partial charge in [0.2, 0.25) is 0 Å². The fourth-order valence-electron chi connectivity index (χ4n) is 0.724. The zero-order valence-corrected chi connectivity index (χ0v) is 13.9. The fraction of sp³-hybridized carbons (Fsp3) is 0.143. The first kappa shape index (κ1) is 16.9. The van der Waals surface area contributed by atoms with Crippen molar-refractivity contribution in [1.29, 1.82) is 0 Å². The molecule has 1 rings (SSSR count). The molecule has 0 spiro atoms. The summed E-state index contributed by atoms with van der Waals surface area (Å²) in [6.45, 7) is 1.91. The number of hydrogen-bond donors (Lipinski definition) is 0. The largest absolute Gasteiger partial charge is 1.00 e. The first-order valence-corrected chi connectivity index (χ1v) is 3.08. The third-order valence-corrected chi connectivity index (χ3v) is 1.35. The topological polar surface area (TPSA) is 46.1 Å². The SMILES string of the molecule is Cc1ccc(B([O-])[O-])cc1.[K+].[K+]. The summed E-state index contributed by atoms with van der Waals surface area (Å²) in [4.78, 5) is 0. The molecule has 0 unspecified atom stereocenters. The predicted molar refractivity (Wildman–Crippen MR) is 36.6 cm³/mol. The molecule has 5 heteroatoms. The minimum Gasteiger partial charge on any atom is -0.889 e. The molecule has 0 bridgehead atoms. The van der Waals surface area contributed by atoms with Gasteiger partial charge in [0.15, 0.2) is 0 Å². The van der Waals surface area contributed by atoms with Gasteiger partial charge in [-0.1, -0.05) is 36.9 Å². The van der Waals surface area contributed by atoms with Gasteiger partial charge in [-0.3, -0.25) is 0 Å². The average Bonchev–Trinajstić information content (AvgIpc) is 1.88. The molecule has 1 aromatic carbocycles. The summed E-state index contributed by atoms with van der Waals surface area (Å²) in [6, 6.07) is 6.66. The van der Waals surface area contributed by atoms with Gasteiger partial charge in [-0.25, -0.2) is 0 Å². The molecule has 0 fully saturated rings. The van der Waals surface area contributed by atoms with Crippen LogP contribution in [0.5, 0.6) is 0 Å². The van der Waals surface area contributed by atoms with E-state index in [4.69, 9.17) is 0 Å². The second-order valence-electron chi connectivity index (χ2n) is 2.24. The summed E-state index contributed by atoms with van der Waals surface area (Å²) in [7, 11) is -1.85. The van der Waals surface area contributed by atoms with Crippen LogP contribution in [0, 0.1) is 6.92 Å². The van der Waals surface area contributed by atoms with E-state index < -0.39 is 7.12 Å². The minimum atomic E-state index is -1.85. The van der Waals surface area contributed by atoms with Crippen LogP contribution in [0.3, 0.4) is 0 Å². The van der Waals surface area contributed by atoms with E-state index in [0.717, 1.165) is 5.56 Å². The van der Waals surface area contributed by atoms with Gasteiger partial charge in [0.25, 0.3) is 0 Å². The van der Waals surface area contributed by atoms with Gasteiger partial charge in [0.05, 0.1) is 0 Å². The molecule has 52 valence electrons. The van der Waals surface area contributed by atoms with Gasteiger partial charge in [0.1, 0.15) is 0 Å². The molecule has 12 heavy (non-hydrogen) atoms. The van der Waals surface area contributed by atoms with Crippen LogP contribution in [0.15, 0.2) is 24.3 Å². The Bertz CT molecular complexity index is 213. The van der Waals surface area contributed by atoms with Gasteiger partial charge in [-0.2, -0.15) is 0 Å². The second-order valence-corrected chi connectivity index (χ2v) is 2.24. The van der Waals surface area contributed by atoms with Crippen molar-refractivity contribution in [3.63, 3.8) is 0 Å². The first-order valence-electron chi connectivity index (χ1n) is 3.08. The second kappa shape index (κ2) is 8.76.